The standard InChI is InChI=1S/C18H28Cl3N2O3PS/c1-4-6-8-27(9-7-5-2)22-13-15(24)23-14(12(3)10-28-16(13)23)17(25)26-11-18(19,20)21/h13,16,22H,4-11H2,1-3H3/t13-,16+/m1/s1. The molecule has 2 atom stereocenters. The number of amides is 1. The highest BCUT2D eigenvalue weighted by Gasteiger charge is 2.53. The molecule has 1 amide bonds. The molecule has 0 aromatic rings. The molecule has 0 aromatic carbocycles. The van der Waals surface area contributed by atoms with E-state index in [4.69, 9.17) is 39.5 Å². The summed E-state index contributed by atoms with van der Waals surface area (Å²) in [6, 6.07) is -0.242. The molecule has 0 bridgehead atoms. The maximum absolute atomic E-state index is 12.9. The summed E-state index contributed by atoms with van der Waals surface area (Å²) in [4.78, 5) is 27.0. The number of rotatable bonds is 10. The lowest BCUT2D eigenvalue weighted by atomic mass is 10.0. The van der Waals surface area contributed by atoms with Crippen LogP contribution in [0.15, 0.2) is 11.3 Å². The van der Waals surface area contributed by atoms with Gasteiger partial charge in [0.15, 0.2) is 0 Å². The number of hydrogen-bond donors (Lipinski definition) is 1. The van der Waals surface area contributed by atoms with E-state index in [1.165, 1.54) is 12.8 Å². The van der Waals surface area contributed by atoms with Gasteiger partial charge in [0.1, 0.15) is 23.7 Å². The van der Waals surface area contributed by atoms with Gasteiger partial charge in [-0.05, 0) is 45.7 Å². The van der Waals surface area contributed by atoms with E-state index in [2.05, 4.69) is 18.9 Å². The van der Waals surface area contributed by atoms with E-state index in [9.17, 15) is 9.59 Å². The second kappa shape index (κ2) is 11.1. The minimum absolute atomic E-state index is 0.0714. The first-order chi connectivity index (χ1) is 13.2. The molecule has 2 heterocycles. The zero-order valence-corrected chi connectivity index (χ0v) is 20.5. The van der Waals surface area contributed by atoms with E-state index in [1.807, 2.05) is 6.92 Å². The maximum atomic E-state index is 12.9. The van der Waals surface area contributed by atoms with Crippen molar-refractivity contribution in [2.75, 3.05) is 24.7 Å². The number of nitrogens with zero attached hydrogens (tertiary/aromatic N) is 1. The fourth-order valence-corrected chi connectivity index (χ4v) is 7.18. The average molecular weight is 490 g/mol. The monoisotopic (exact) mass is 488 g/mol. The molecule has 28 heavy (non-hydrogen) atoms. The Balaban J connectivity index is 2.04. The third-order valence-corrected chi connectivity index (χ3v) is 8.71. The van der Waals surface area contributed by atoms with Crippen LogP contribution in [0.4, 0.5) is 0 Å². The Hall–Kier alpha value is 0.290. The minimum atomic E-state index is -1.68. The predicted molar refractivity (Wildman–Crippen MR) is 120 cm³/mol. The van der Waals surface area contributed by atoms with Gasteiger partial charge >= 0.3 is 5.97 Å². The molecule has 0 aromatic heterocycles. The summed E-state index contributed by atoms with van der Waals surface area (Å²) in [5, 5.41) is 3.53. The highest BCUT2D eigenvalue weighted by Crippen LogP contribution is 2.44. The first kappa shape index (κ1) is 24.6. The Labute approximate surface area is 188 Å². The van der Waals surface area contributed by atoms with Crippen LogP contribution in [0.1, 0.15) is 46.5 Å². The molecule has 1 N–H and O–H groups in total. The molecule has 0 unspecified atom stereocenters. The van der Waals surface area contributed by atoms with E-state index in [0.717, 1.165) is 30.7 Å². The van der Waals surface area contributed by atoms with Gasteiger partial charge < -0.3 is 4.74 Å². The molecule has 160 valence electrons. The lowest BCUT2D eigenvalue weighted by Gasteiger charge is -2.50. The lowest BCUT2D eigenvalue weighted by molar-refractivity contribution is -0.151. The van der Waals surface area contributed by atoms with Crippen molar-refractivity contribution in [2.45, 2.75) is 61.7 Å². The third-order valence-electron chi connectivity index (χ3n) is 4.60. The number of thioether (sulfide) groups is 1. The number of β-lactam (4-membered cyclic amide) rings is 1. The molecular weight excluding hydrogens is 462 g/mol. The normalized spacial score (nSPS) is 22.4. The van der Waals surface area contributed by atoms with Crippen molar-refractivity contribution in [2.24, 2.45) is 0 Å². The van der Waals surface area contributed by atoms with Crippen LogP contribution in [-0.4, -0.2) is 56.7 Å². The Kier molecular flexibility index (Phi) is 9.70. The molecule has 2 aliphatic rings. The first-order valence-corrected chi connectivity index (χ1v) is 13.5. The number of hydrogen-bond acceptors (Lipinski definition) is 5. The summed E-state index contributed by atoms with van der Waals surface area (Å²) in [6.45, 7) is 5.85. The number of fused-ring (bicyclic) bond motifs is 1. The number of ether oxygens (including phenoxy) is 1. The van der Waals surface area contributed by atoms with Crippen LogP contribution >= 0.6 is 54.6 Å². The summed E-state index contributed by atoms with van der Waals surface area (Å²) in [5.74, 6) is -0.00909. The van der Waals surface area contributed by atoms with Crippen molar-refractivity contribution in [3.8, 4) is 0 Å². The van der Waals surface area contributed by atoms with E-state index >= 15 is 0 Å². The van der Waals surface area contributed by atoms with Crippen LogP contribution in [-0.2, 0) is 14.3 Å². The van der Waals surface area contributed by atoms with Crippen LogP contribution in [0, 0.1) is 0 Å². The van der Waals surface area contributed by atoms with Crippen LogP contribution in [0.2, 0.25) is 0 Å². The number of alkyl halides is 3. The first-order valence-electron chi connectivity index (χ1n) is 9.59. The topological polar surface area (TPSA) is 58.6 Å². The fraction of sp³-hybridized carbons (Fsp3) is 0.778. The van der Waals surface area contributed by atoms with Crippen LogP contribution in [0.3, 0.4) is 0 Å². The van der Waals surface area contributed by atoms with Crippen molar-refractivity contribution in [1.82, 2.24) is 9.99 Å². The molecule has 10 heteroatoms. The van der Waals surface area contributed by atoms with Crippen molar-refractivity contribution in [3.63, 3.8) is 0 Å². The minimum Gasteiger partial charge on any atom is -0.456 e. The summed E-state index contributed by atoms with van der Waals surface area (Å²) in [6.07, 6.45) is 6.88. The van der Waals surface area contributed by atoms with Crippen LogP contribution in [0.25, 0.3) is 0 Å². The molecule has 0 spiro atoms. The summed E-state index contributed by atoms with van der Waals surface area (Å²) in [5.41, 5.74) is 1.11. The SMILES string of the molecule is CCCCP(CCCC)N[C@@H]1C(=O)N2C(C(=O)OCC(Cl)(Cl)Cl)=C(C)CS[C@@H]12. The third kappa shape index (κ3) is 6.39. The van der Waals surface area contributed by atoms with Gasteiger partial charge in [-0.2, -0.15) is 0 Å². The van der Waals surface area contributed by atoms with Crippen LogP contribution < -0.4 is 5.09 Å². The predicted octanol–water partition coefficient (Wildman–Crippen LogP) is 5.04. The Morgan fingerprint density at radius 1 is 1.29 bits per heavy atom. The molecule has 1 saturated heterocycles. The fourth-order valence-electron chi connectivity index (χ4n) is 3.10. The number of halogens is 3. The Bertz CT molecular complexity index is 607. The largest absolute Gasteiger partial charge is 0.456 e. The van der Waals surface area contributed by atoms with Gasteiger partial charge in [0.25, 0.3) is 0 Å². The van der Waals surface area contributed by atoms with Gasteiger partial charge in [0.05, 0.1) is 0 Å². The Morgan fingerprint density at radius 3 is 2.43 bits per heavy atom. The van der Waals surface area contributed by atoms with Crippen molar-refractivity contribution >= 4 is 66.5 Å². The van der Waals surface area contributed by atoms with E-state index in [0.29, 0.717) is 11.4 Å². The van der Waals surface area contributed by atoms with Gasteiger partial charge in [-0.15, -0.1) is 11.8 Å². The van der Waals surface area contributed by atoms with Gasteiger partial charge in [-0.25, -0.2) is 4.79 Å². The number of esters is 1. The second-order valence-corrected chi connectivity index (χ2v) is 12.9. The average Bonchev–Trinajstić information content (AvgIpc) is 2.64. The molecule has 0 radical (unpaired) electrons. The van der Waals surface area contributed by atoms with E-state index < -0.39 is 9.76 Å². The zero-order chi connectivity index (χ0) is 20.9. The van der Waals surface area contributed by atoms with E-state index in [1.54, 1.807) is 16.7 Å². The summed E-state index contributed by atoms with van der Waals surface area (Å²) >= 11 is 18.7. The molecule has 2 rings (SSSR count). The Morgan fingerprint density at radius 2 is 1.89 bits per heavy atom. The molecule has 0 aliphatic carbocycles. The summed E-state index contributed by atoms with van der Waals surface area (Å²) < 4.78 is 3.45. The highest BCUT2D eigenvalue weighted by molar-refractivity contribution is 8.00. The summed E-state index contributed by atoms with van der Waals surface area (Å²) in [7, 11) is -0.384. The molecular formula is C18H28Cl3N2O3PS. The zero-order valence-electron chi connectivity index (χ0n) is 16.5. The molecule has 2 aliphatic heterocycles. The number of carbonyl (C=O) groups is 2. The smallest absolute Gasteiger partial charge is 0.355 e. The van der Waals surface area contributed by atoms with E-state index in [-0.39, 0.29) is 32.0 Å². The van der Waals surface area contributed by atoms with Crippen molar-refractivity contribution < 1.29 is 14.3 Å². The van der Waals surface area contributed by atoms with Gasteiger partial charge in [-0.1, -0.05) is 61.5 Å². The highest BCUT2D eigenvalue weighted by atomic mass is 35.6. The van der Waals surface area contributed by atoms with Gasteiger partial charge in [-0.3, -0.25) is 14.8 Å². The lowest BCUT2D eigenvalue weighted by Crippen LogP contribution is -2.69. The quantitative estimate of drug-likeness (QED) is 0.201. The molecule has 1 fully saturated rings. The van der Waals surface area contributed by atoms with Gasteiger partial charge in [0.2, 0.25) is 9.70 Å². The molecule has 5 nitrogen and oxygen atoms in total. The number of carbonyl (C=O) groups excluding carboxylic acids is 2. The van der Waals surface area contributed by atoms with Crippen molar-refractivity contribution in [3.05, 3.63) is 11.3 Å². The second-order valence-electron chi connectivity index (χ2n) is 7.03. The number of nitrogens with one attached hydrogen (secondary N) is 1. The van der Waals surface area contributed by atoms with Crippen molar-refractivity contribution in [1.29, 1.82) is 0 Å². The maximum Gasteiger partial charge on any atom is 0.355 e. The molecule has 0 saturated carbocycles. The number of unbranched alkanes of at least 4 members (excludes halogenated alkanes) is 2. The van der Waals surface area contributed by atoms with Gasteiger partial charge in [0, 0.05) is 5.75 Å². The van der Waals surface area contributed by atoms with Crippen LogP contribution in [0.5, 0.6) is 0 Å².